The maximum absolute atomic E-state index is 5.14. The predicted octanol–water partition coefficient (Wildman–Crippen LogP) is 2.67. The van der Waals surface area contributed by atoms with Gasteiger partial charge in [0.2, 0.25) is 5.88 Å². The van der Waals surface area contributed by atoms with E-state index in [0.29, 0.717) is 5.88 Å². The lowest BCUT2D eigenvalue weighted by Gasteiger charge is -2.27. The molecule has 1 aliphatic heterocycles. The fourth-order valence-corrected chi connectivity index (χ4v) is 2.12. The molecule has 2 aromatic rings. The molecule has 0 aliphatic carbocycles. The molecule has 3 rings (SSSR count). The van der Waals surface area contributed by atoms with Gasteiger partial charge in [0.15, 0.2) is 5.82 Å². The molecular weight excluding hydrogens is 226 g/mol. The van der Waals surface area contributed by atoms with Gasteiger partial charge < -0.3 is 15.4 Å². The van der Waals surface area contributed by atoms with E-state index in [4.69, 9.17) is 4.74 Å². The zero-order chi connectivity index (χ0) is 12.4. The Morgan fingerprint density at radius 2 is 2.00 bits per heavy atom. The van der Waals surface area contributed by atoms with E-state index in [1.807, 2.05) is 30.3 Å². The standard InChI is InChI=1S/C14H15N3O/c1-18-13-8-7-11-14(17-13)16-12(9-15-11)10-5-3-2-4-6-10/h2-8,12,15H,9H2,1H3,(H,16,17). The van der Waals surface area contributed by atoms with Gasteiger partial charge in [-0.05, 0) is 11.6 Å². The lowest BCUT2D eigenvalue weighted by atomic mass is 10.1. The predicted molar refractivity (Wildman–Crippen MR) is 72.1 cm³/mol. The minimum absolute atomic E-state index is 0.235. The SMILES string of the molecule is COc1ccc2c(n1)NC(c1ccccc1)CN2. The van der Waals surface area contributed by atoms with Gasteiger partial charge in [-0.15, -0.1) is 0 Å². The number of methoxy groups -OCH3 is 1. The summed E-state index contributed by atoms with van der Waals surface area (Å²) in [7, 11) is 1.62. The van der Waals surface area contributed by atoms with E-state index in [1.165, 1.54) is 5.56 Å². The quantitative estimate of drug-likeness (QED) is 0.848. The fourth-order valence-electron chi connectivity index (χ4n) is 2.12. The molecule has 1 atom stereocenters. The van der Waals surface area contributed by atoms with Crippen molar-refractivity contribution in [3.05, 3.63) is 48.0 Å². The third-order valence-corrected chi connectivity index (χ3v) is 3.09. The highest BCUT2D eigenvalue weighted by Crippen LogP contribution is 2.31. The van der Waals surface area contributed by atoms with Gasteiger partial charge >= 0.3 is 0 Å². The third kappa shape index (κ3) is 1.97. The van der Waals surface area contributed by atoms with Gasteiger partial charge in [-0.1, -0.05) is 30.3 Å². The average Bonchev–Trinajstić information content (AvgIpc) is 2.47. The van der Waals surface area contributed by atoms with Crippen LogP contribution in [0.25, 0.3) is 0 Å². The number of pyridine rings is 1. The van der Waals surface area contributed by atoms with E-state index in [0.717, 1.165) is 18.1 Å². The minimum Gasteiger partial charge on any atom is -0.481 e. The average molecular weight is 241 g/mol. The first-order valence-electron chi connectivity index (χ1n) is 5.97. The topological polar surface area (TPSA) is 46.2 Å². The molecule has 18 heavy (non-hydrogen) atoms. The van der Waals surface area contributed by atoms with Crippen molar-refractivity contribution in [2.75, 3.05) is 24.3 Å². The van der Waals surface area contributed by atoms with Crippen molar-refractivity contribution in [2.45, 2.75) is 6.04 Å². The first kappa shape index (κ1) is 10.9. The van der Waals surface area contributed by atoms with Crippen molar-refractivity contribution in [3.63, 3.8) is 0 Å². The number of ether oxygens (including phenoxy) is 1. The minimum atomic E-state index is 0.235. The number of nitrogens with one attached hydrogen (secondary N) is 2. The summed E-state index contributed by atoms with van der Waals surface area (Å²) in [4.78, 5) is 4.41. The molecule has 1 aromatic heterocycles. The van der Waals surface area contributed by atoms with Crippen LogP contribution in [-0.4, -0.2) is 18.6 Å². The van der Waals surface area contributed by atoms with Gasteiger partial charge in [0.1, 0.15) is 0 Å². The van der Waals surface area contributed by atoms with E-state index in [2.05, 4.69) is 27.8 Å². The molecule has 0 spiro atoms. The fraction of sp³-hybridized carbons (Fsp3) is 0.214. The third-order valence-electron chi connectivity index (χ3n) is 3.09. The summed E-state index contributed by atoms with van der Waals surface area (Å²) in [5, 5.41) is 6.82. The molecule has 1 aromatic carbocycles. The van der Waals surface area contributed by atoms with Gasteiger partial charge in [0.25, 0.3) is 0 Å². The Morgan fingerprint density at radius 3 is 2.78 bits per heavy atom. The Labute approximate surface area is 106 Å². The smallest absolute Gasteiger partial charge is 0.215 e. The molecule has 0 saturated carbocycles. The van der Waals surface area contributed by atoms with E-state index in [-0.39, 0.29) is 6.04 Å². The molecule has 4 heteroatoms. The van der Waals surface area contributed by atoms with Gasteiger partial charge in [-0.25, -0.2) is 0 Å². The number of hydrogen-bond donors (Lipinski definition) is 2. The van der Waals surface area contributed by atoms with Crippen LogP contribution >= 0.6 is 0 Å². The normalized spacial score (nSPS) is 17.3. The molecule has 0 saturated heterocycles. The van der Waals surface area contributed by atoms with E-state index in [1.54, 1.807) is 7.11 Å². The van der Waals surface area contributed by atoms with Crippen LogP contribution in [0.3, 0.4) is 0 Å². The zero-order valence-electron chi connectivity index (χ0n) is 10.2. The summed E-state index contributed by atoms with van der Waals surface area (Å²) >= 11 is 0. The van der Waals surface area contributed by atoms with Gasteiger partial charge in [-0.2, -0.15) is 4.98 Å². The lowest BCUT2D eigenvalue weighted by Crippen LogP contribution is -2.26. The van der Waals surface area contributed by atoms with Crippen molar-refractivity contribution < 1.29 is 4.74 Å². The summed E-state index contributed by atoms with van der Waals surface area (Å²) in [6, 6.07) is 14.4. The van der Waals surface area contributed by atoms with E-state index < -0.39 is 0 Å². The Hall–Kier alpha value is -2.23. The summed E-state index contributed by atoms with van der Waals surface area (Å²) in [6.45, 7) is 0.852. The summed E-state index contributed by atoms with van der Waals surface area (Å²) in [5.74, 6) is 1.46. The highest BCUT2D eigenvalue weighted by atomic mass is 16.5. The number of rotatable bonds is 2. The zero-order valence-corrected chi connectivity index (χ0v) is 10.2. The van der Waals surface area contributed by atoms with Crippen LogP contribution in [0.5, 0.6) is 5.88 Å². The largest absolute Gasteiger partial charge is 0.481 e. The lowest BCUT2D eigenvalue weighted by molar-refractivity contribution is 0.398. The van der Waals surface area contributed by atoms with Crippen molar-refractivity contribution in [1.29, 1.82) is 0 Å². The molecular formula is C14H15N3O. The molecule has 0 bridgehead atoms. The van der Waals surface area contributed by atoms with Crippen LogP contribution < -0.4 is 15.4 Å². The highest BCUT2D eigenvalue weighted by Gasteiger charge is 2.19. The number of benzene rings is 1. The first-order chi connectivity index (χ1) is 8.86. The number of hydrogen-bond acceptors (Lipinski definition) is 4. The Morgan fingerprint density at radius 1 is 1.17 bits per heavy atom. The van der Waals surface area contributed by atoms with Crippen molar-refractivity contribution in [1.82, 2.24) is 4.98 Å². The second-order valence-corrected chi connectivity index (χ2v) is 4.24. The van der Waals surface area contributed by atoms with Gasteiger partial charge in [0, 0.05) is 12.6 Å². The highest BCUT2D eigenvalue weighted by molar-refractivity contribution is 5.68. The van der Waals surface area contributed by atoms with E-state index in [9.17, 15) is 0 Å². The monoisotopic (exact) mass is 241 g/mol. The molecule has 92 valence electrons. The number of nitrogens with zero attached hydrogens (tertiary/aromatic N) is 1. The Kier molecular flexibility index (Phi) is 2.76. The molecule has 0 radical (unpaired) electrons. The van der Waals surface area contributed by atoms with Crippen LogP contribution in [0.4, 0.5) is 11.5 Å². The summed E-state index contributed by atoms with van der Waals surface area (Å²) in [5.41, 5.74) is 2.27. The Balaban J connectivity index is 1.88. The molecule has 1 unspecified atom stereocenters. The van der Waals surface area contributed by atoms with Gasteiger partial charge in [0.05, 0.1) is 18.8 Å². The van der Waals surface area contributed by atoms with Crippen LogP contribution in [0, 0.1) is 0 Å². The number of anilines is 2. The van der Waals surface area contributed by atoms with Crippen LogP contribution in [0.1, 0.15) is 11.6 Å². The molecule has 2 heterocycles. The van der Waals surface area contributed by atoms with Crippen molar-refractivity contribution in [2.24, 2.45) is 0 Å². The maximum atomic E-state index is 5.14. The molecule has 0 amide bonds. The summed E-state index contributed by atoms with van der Waals surface area (Å²) < 4.78 is 5.14. The second-order valence-electron chi connectivity index (χ2n) is 4.24. The number of aromatic nitrogens is 1. The van der Waals surface area contributed by atoms with Crippen molar-refractivity contribution >= 4 is 11.5 Å². The van der Waals surface area contributed by atoms with Crippen LogP contribution in [-0.2, 0) is 0 Å². The molecule has 4 nitrogen and oxygen atoms in total. The first-order valence-corrected chi connectivity index (χ1v) is 5.97. The van der Waals surface area contributed by atoms with Crippen LogP contribution in [0.15, 0.2) is 42.5 Å². The molecule has 2 N–H and O–H groups in total. The van der Waals surface area contributed by atoms with Crippen LogP contribution in [0.2, 0.25) is 0 Å². The Bertz CT molecular complexity index is 542. The van der Waals surface area contributed by atoms with E-state index >= 15 is 0 Å². The summed E-state index contributed by atoms with van der Waals surface area (Å²) in [6.07, 6.45) is 0. The van der Waals surface area contributed by atoms with Gasteiger partial charge in [-0.3, -0.25) is 0 Å². The van der Waals surface area contributed by atoms with Crippen molar-refractivity contribution in [3.8, 4) is 5.88 Å². The second kappa shape index (κ2) is 4.56. The molecule has 0 fully saturated rings. The number of fused-ring (bicyclic) bond motifs is 1. The maximum Gasteiger partial charge on any atom is 0.215 e. The molecule has 1 aliphatic rings.